The zero-order valence-corrected chi connectivity index (χ0v) is 10.1. The minimum absolute atomic E-state index is 0.0337. The Hall–Kier alpha value is -1.08. The number of aromatic nitrogens is 2. The van der Waals surface area contributed by atoms with E-state index in [1.807, 2.05) is 13.8 Å². The number of nitrogens with two attached hydrogens (primary N) is 1. The van der Waals surface area contributed by atoms with Gasteiger partial charge in [0.25, 0.3) is 0 Å². The van der Waals surface area contributed by atoms with Crippen LogP contribution >= 0.6 is 23.6 Å². The highest BCUT2D eigenvalue weighted by Gasteiger charge is 2.10. The molecule has 15 heavy (non-hydrogen) atoms. The molecule has 82 valence electrons. The fraction of sp³-hybridized carbons (Fsp3) is 0.500. The smallest absolute Gasteiger partial charge is 0.233 e. The van der Waals surface area contributed by atoms with Gasteiger partial charge < -0.3 is 11.1 Å². The van der Waals surface area contributed by atoms with Crippen LogP contribution in [-0.2, 0) is 4.79 Å². The molecular weight excluding hydrogens is 232 g/mol. The molecule has 5 nitrogen and oxygen atoms in total. The summed E-state index contributed by atoms with van der Waals surface area (Å²) in [5.74, 6) is 0.0534. The van der Waals surface area contributed by atoms with Crippen molar-refractivity contribution in [3.63, 3.8) is 0 Å². The van der Waals surface area contributed by atoms with Crippen molar-refractivity contribution in [1.29, 1.82) is 0 Å². The largest absolute Gasteiger partial charge is 0.393 e. The van der Waals surface area contributed by atoms with Gasteiger partial charge in [-0.2, -0.15) is 0 Å². The molecule has 0 aliphatic rings. The maximum absolute atomic E-state index is 11.3. The topological polar surface area (TPSA) is 80.9 Å². The molecule has 0 aromatic carbocycles. The lowest BCUT2D eigenvalue weighted by Crippen LogP contribution is -2.19. The number of thiocarbonyl (C=S) groups is 1. The Morgan fingerprint density at radius 2 is 2.27 bits per heavy atom. The van der Waals surface area contributed by atoms with Crippen LogP contribution < -0.4 is 11.1 Å². The van der Waals surface area contributed by atoms with E-state index < -0.39 is 0 Å². The number of amides is 1. The van der Waals surface area contributed by atoms with Gasteiger partial charge in [-0.25, -0.2) is 0 Å². The summed E-state index contributed by atoms with van der Waals surface area (Å²) in [5.41, 5.74) is 5.24. The summed E-state index contributed by atoms with van der Waals surface area (Å²) in [6.07, 6.45) is 0.0337. The predicted molar refractivity (Wildman–Crippen MR) is 64.0 cm³/mol. The van der Waals surface area contributed by atoms with E-state index in [2.05, 4.69) is 27.7 Å². The molecule has 7 heteroatoms. The van der Waals surface area contributed by atoms with Crippen LogP contribution in [-0.4, -0.2) is 21.1 Å². The van der Waals surface area contributed by atoms with Crippen LogP contribution in [0.3, 0.4) is 0 Å². The SMILES string of the molecule is CC(C)c1nnc(NC(=O)CC(N)=S)s1. The van der Waals surface area contributed by atoms with Gasteiger partial charge in [-0.1, -0.05) is 37.4 Å². The highest BCUT2D eigenvalue weighted by molar-refractivity contribution is 7.80. The van der Waals surface area contributed by atoms with Crippen LogP contribution in [0.2, 0.25) is 0 Å². The molecule has 0 unspecified atom stereocenters. The van der Waals surface area contributed by atoms with Crippen molar-refractivity contribution in [3.8, 4) is 0 Å². The molecule has 3 N–H and O–H groups in total. The van der Waals surface area contributed by atoms with Crippen molar-refractivity contribution in [2.45, 2.75) is 26.2 Å². The van der Waals surface area contributed by atoms with Crippen molar-refractivity contribution in [2.24, 2.45) is 5.73 Å². The number of hydrogen-bond acceptors (Lipinski definition) is 5. The Labute approximate surface area is 97.1 Å². The van der Waals surface area contributed by atoms with Crippen molar-refractivity contribution in [1.82, 2.24) is 10.2 Å². The molecule has 0 atom stereocenters. The van der Waals surface area contributed by atoms with Gasteiger partial charge in [0.05, 0.1) is 11.4 Å². The summed E-state index contributed by atoms with van der Waals surface area (Å²) < 4.78 is 0. The summed E-state index contributed by atoms with van der Waals surface area (Å²) in [5, 5.41) is 11.7. The average molecular weight is 244 g/mol. The highest BCUT2D eigenvalue weighted by atomic mass is 32.1. The molecule has 0 spiro atoms. The maximum atomic E-state index is 11.3. The molecule has 1 amide bonds. The van der Waals surface area contributed by atoms with Gasteiger partial charge in [-0.05, 0) is 0 Å². The Kier molecular flexibility index (Phi) is 4.10. The molecule has 0 aliphatic carbocycles. The van der Waals surface area contributed by atoms with Gasteiger partial charge in [0, 0.05) is 5.92 Å². The Balaban J connectivity index is 2.57. The predicted octanol–water partition coefficient (Wildman–Crippen LogP) is 1.28. The summed E-state index contributed by atoms with van der Waals surface area (Å²) in [7, 11) is 0. The van der Waals surface area contributed by atoms with Crippen LogP contribution in [0.15, 0.2) is 0 Å². The number of nitrogens with zero attached hydrogens (tertiary/aromatic N) is 2. The molecule has 0 saturated carbocycles. The minimum atomic E-state index is -0.256. The first-order valence-electron chi connectivity index (χ1n) is 4.40. The van der Waals surface area contributed by atoms with E-state index in [0.717, 1.165) is 5.01 Å². The van der Waals surface area contributed by atoms with E-state index >= 15 is 0 Å². The quantitative estimate of drug-likeness (QED) is 0.780. The number of carbonyl (C=O) groups excluding carboxylic acids is 1. The first-order chi connectivity index (χ1) is 6.99. The molecule has 1 aromatic heterocycles. The monoisotopic (exact) mass is 244 g/mol. The highest BCUT2D eigenvalue weighted by Crippen LogP contribution is 2.22. The molecule has 0 bridgehead atoms. The minimum Gasteiger partial charge on any atom is -0.393 e. The molecule has 0 saturated heterocycles. The lowest BCUT2D eigenvalue weighted by Gasteiger charge is -1.98. The Morgan fingerprint density at radius 3 is 2.73 bits per heavy atom. The zero-order valence-electron chi connectivity index (χ0n) is 8.48. The van der Waals surface area contributed by atoms with Gasteiger partial charge in [-0.3, -0.25) is 4.79 Å². The Morgan fingerprint density at radius 1 is 1.60 bits per heavy atom. The first kappa shape index (κ1) is 12.0. The lowest BCUT2D eigenvalue weighted by molar-refractivity contribution is -0.115. The van der Waals surface area contributed by atoms with Crippen LogP contribution in [0.25, 0.3) is 0 Å². The van der Waals surface area contributed by atoms with Gasteiger partial charge in [0.15, 0.2) is 0 Å². The molecule has 1 heterocycles. The molecule has 0 radical (unpaired) electrons. The van der Waals surface area contributed by atoms with Crippen LogP contribution in [0.4, 0.5) is 5.13 Å². The molecule has 1 rings (SSSR count). The summed E-state index contributed by atoms with van der Waals surface area (Å²) >= 11 is 5.98. The average Bonchev–Trinajstić information content (AvgIpc) is 2.50. The van der Waals surface area contributed by atoms with E-state index in [1.54, 1.807) is 0 Å². The fourth-order valence-corrected chi connectivity index (χ4v) is 1.73. The summed E-state index contributed by atoms with van der Waals surface area (Å²) in [4.78, 5) is 11.4. The molecule has 1 aromatic rings. The van der Waals surface area contributed by atoms with Gasteiger partial charge in [0.1, 0.15) is 5.01 Å². The van der Waals surface area contributed by atoms with Crippen LogP contribution in [0, 0.1) is 0 Å². The summed E-state index contributed by atoms with van der Waals surface area (Å²) in [6.45, 7) is 4.03. The first-order valence-corrected chi connectivity index (χ1v) is 5.63. The maximum Gasteiger partial charge on any atom is 0.233 e. The summed E-state index contributed by atoms with van der Waals surface area (Å²) in [6, 6.07) is 0. The van der Waals surface area contributed by atoms with Gasteiger partial charge in [0.2, 0.25) is 11.0 Å². The number of anilines is 1. The second-order valence-electron chi connectivity index (χ2n) is 3.29. The second kappa shape index (κ2) is 5.13. The zero-order chi connectivity index (χ0) is 11.4. The van der Waals surface area contributed by atoms with Crippen LogP contribution in [0.1, 0.15) is 31.2 Å². The normalized spacial score (nSPS) is 10.3. The van der Waals surface area contributed by atoms with Crippen molar-refractivity contribution >= 4 is 39.6 Å². The molecule has 0 aliphatic heterocycles. The van der Waals surface area contributed by atoms with E-state index in [4.69, 9.17) is 5.73 Å². The van der Waals surface area contributed by atoms with E-state index in [1.165, 1.54) is 11.3 Å². The van der Waals surface area contributed by atoms with E-state index in [-0.39, 0.29) is 17.3 Å². The fourth-order valence-electron chi connectivity index (χ4n) is 0.840. The van der Waals surface area contributed by atoms with E-state index in [9.17, 15) is 4.79 Å². The Bertz CT molecular complexity index is 374. The number of hydrogen-bond donors (Lipinski definition) is 2. The number of rotatable bonds is 4. The standard InChI is InChI=1S/C8H12N4OS2/c1-4(2)7-11-12-8(15-7)10-6(13)3-5(9)14/h4H,3H2,1-2H3,(H2,9,14)(H,10,12,13). The molecule has 0 fully saturated rings. The number of carbonyl (C=O) groups is 1. The van der Waals surface area contributed by atoms with Crippen LogP contribution in [0.5, 0.6) is 0 Å². The third-order valence-corrected chi connectivity index (χ3v) is 2.80. The van der Waals surface area contributed by atoms with Crippen molar-refractivity contribution in [3.05, 3.63) is 5.01 Å². The van der Waals surface area contributed by atoms with E-state index in [0.29, 0.717) is 11.0 Å². The molecular formula is C8H12N4OS2. The lowest BCUT2D eigenvalue weighted by atomic mass is 10.2. The second-order valence-corrected chi connectivity index (χ2v) is 4.82. The van der Waals surface area contributed by atoms with Gasteiger partial charge in [-0.15, -0.1) is 10.2 Å². The number of nitrogens with one attached hydrogen (secondary N) is 1. The van der Waals surface area contributed by atoms with Gasteiger partial charge >= 0.3 is 0 Å². The van der Waals surface area contributed by atoms with Crippen molar-refractivity contribution in [2.75, 3.05) is 5.32 Å². The third kappa shape index (κ3) is 3.88. The third-order valence-electron chi connectivity index (χ3n) is 1.52. The van der Waals surface area contributed by atoms with Crippen molar-refractivity contribution < 1.29 is 4.79 Å².